The van der Waals surface area contributed by atoms with E-state index >= 15 is 0 Å². The molecule has 23 heavy (non-hydrogen) atoms. The number of carboxylic acids is 1. The molecule has 0 amide bonds. The number of nitro groups is 1. The maximum absolute atomic E-state index is 11.3. The summed E-state index contributed by atoms with van der Waals surface area (Å²) in [6, 6.07) is 7.56. The van der Waals surface area contributed by atoms with Crippen molar-refractivity contribution in [2.24, 2.45) is 0 Å². The number of benzene rings is 1. The first-order valence-corrected chi connectivity index (χ1v) is 7.30. The van der Waals surface area contributed by atoms with Crippen LogP contribution in [0.15, 0.2) is 41.9 Å². The predicted octanol–water partition coefficient (Wildman–Crippen LogP) is 3.34. The lowest BCUT2D eigenvalue weighted by molar-refractivity contribution is -0.384. The first kappa shape index (κ1) is 14.7. The van der Waals surface area contributed by atoms with Gasteiger partial charge in [0.2, 0.25) is 0 Å². The zero-order valence-corrected chi connectivity index (χ0v) is 12.3. The number of nitrogens with one attached hydrogen (secondary N) is 2. The second-order valence-electron chi connectivity index (χ2n) is 4.54. The summed E-state index contributed by atoms with van der Waals surface area (Å²) in [6.07, 6.45) is 1.29. The molecule has 8 nitrogen and oxygen atoms in total. The van der Waals surface area contributed by atoms with Crippen LogP contribution in [0.2, 0.25) is 0 Å². The maximum atomic E-state index is 11.3. The van der Waals surface area contributed by atoms with Gasteiger partial charge in [-0.2, -0.15) is 0 Å². The smallest absolute Gasteiger partial charge is 0.339 e. The van der Waals surface area contributed by atoms with E-state index in [0.29, 0.717) is 21.6 Å². The van der Waals surface area contributed by atoms with Crippen molar-refractivity contribution in [3.8, 4) is 0 Å². The molecule has 0 aliphatic carbocycles. The predicted molar refractivity (Wildman–Crippen MR) is 86.9 cm³/mol. The summed E-state index contributed by atoms with van der Waals surface area (Å²) in [5.74, 6) is -1.10. The summed E-state index contributed by atoms with van der Waals surface area (Å²) in [4.78, 5) is 25.6. The minimum atomic E-state index is -1.10. The molecule has 9 heteroatoms. The van der Waals surface area contributed by atoms with Crippen molar-refractivity contribution in [3.05, 3.63) is 57.6 Å². The van der Waals surface area contributed by atoms with Crippen LogP contribution in [0.5, 0.6) is 0 Å². The number of pyridine rings is 1. The van der Waals surface area contributed by atoms with E-state index in [1.165, 1.54) is 41.8 Å². The molecule has 0 unspecified atom stereocenters. The molecule has 0 radical (unpaired) electrons. The van der Waals surface area contributed by atoms with Gasteiger partial charge in [-0.1, -0.05) is 0 Å². The van der Waals surface area contributed by atoms with Crippen molar-refractivity contribution in [1.29, 1.82) is 0 Å². The number of hydrazine groups is 1. The van der Waals surface area contributed by atoms with E-state index in [4.69, 9.17) is 0 Å². The Balaban J connectivity index is 1.88. The van der Waals surface area contributed by atoms with E-state index in [-0.39, 0.29) is 11.3 Å². The number of carboxylic acid groups (broad SMARTS) is 1. The lowest BCUT2D eigenvalue weighted by Gasteiger charge is -2.12. The molecule has 0 aliphatic heterocycles. The Labute approximate surface area is 133 Å². The molecule has 0 spiro atoms. The molecule has 0 saturated carbocycles. The van der Waals surface area contributed by atoms with E-state index in [2.05, 4.69) is 15.8 Å². The number of rotatable bonds is 5. The first-order chi connectivity index (χ1) is 11.1. The molecule has 0 bridgehead atoms. The summed E-state index contributed by atoms with van der Waals surface area (Å²) < 4.78 is 0.708. The number of aromatic nitrogens is 1. The highest BCUT2D eigenvalue weighted by atomic mass is 32.1. The fourth-order valence-corrected chi connectivity index (χ4v) is 2.85. The van der Waals surface area contributed by atoms with Crippen LogP contribution >= 0.6 is 11.3 Å². The Morgan fingerprint density at radius 2 is 1.96 bits per heavy atom. The van der Waals surface area contributed by atoms with Crippen LogP contribution in [-0.4, -0.2) is 21.0 Å². The minimum absolute atomic E-state index is 0.0219. The minimum Gasteiger partial charge on any atom is -0.478 e. The molecule has 116 valence electrons. The normalized spacial score (nSPS) is 10.4. The highest BCUT2D eigenvalue weighted by Gasteiger charge is 2.15. The highest BCUT2D eigenvalue weighted by Crippen LogP contribution is 2.30. The standard InChI is InChI=1S/C14H10N4O4S/c19-14(20)10-7-15-11-5-6-23-13(11)12(10)17-16-8-1-3-9(4-2-8)18(21)22/h1-7,16H,(H,15,17)(H,19,20). The van der Waals surface area contributed by atoms with Crippen LogP contribution < -0.4 is 10.9 Å². The molecule has 3 aromatic rings. The van der Waals surface area contributed by atoms with Crippen molar-refractivity contribution in [3.63, 3.8) is 0 Å². The van der Waals surface area contributed by atoms with Gasteiger partial charge in [-0.25, -0.2) is 4.79 Å². The number of hydrogen-bond donors (Lipinski definition) is 3. The molecule has 3 N–H and O–H groups in total. The van der Waals surface area contributed by atoms with Gasteiger partial charge in [0.15, 0.2) is 0 Å². The van der Waals surface area contributed by atoms with Crippen LogP contribution in [0.1, 0.15) is 10.4 Å². The van der Waals surface area contributed by atoms with Crippen LogP contribution in [0.3, 0.4) is 0 Å². The summed E-state index contributed by atoms with van der Waals surface area (Å²) in [7, 11) is 0. The van der Waals surface area contributed by atoms with Gasteiger partial charge >= 0.3 is 5.97 Å². The van der Waals surface area contributed by atoms with Gasteiger partial charge < -0.3 is 10.5 Å². The number of carbonyl (C=O) groups is 1. The molecule has 2 aromatic heterocycles. The van der Waals surface area contributed by atoms with Crippen molar-refractivity contribution < 1.29 is 14.8 Å². The van der Waals surface area contributed by atoms with E-state index in [9.17, 15) is 20.0 Å². The average molecular weight is 330 g/mol. The molecule has 0 aliphatic rings. The quantitative estimate of drug-likeness (QED) is 0.485. The molecular weight excluding hydrogens is 320 g/mol. The van der Waals surface area contributed by atoms with Crippen LogP contribution in [0, 0.1) is 10.1 Å². The SMILES string of the molecule is O=C(O)c1cnc2ccsc2c1NNc1ccc([N+](=O)[O-])cc1. The Morgan fingerprint density at radius 3 is 2.61 bits per heavy atom. The number of aromatic carboxylic acids is 1. The van der Waals surface area contributed by atoms with E-state index < -0.39 is 10.9 Å². The third kappa shape index (κ3) is 2.90. The lowest BCUT2D eigenvalue weighted by atomic mass is 10.2. The molecular formula is C14H10N4O4S. The highest BCUT2D eigenvalue weighted by molar-refractivity contribution is 7.17. The summed E-state index contributed by atoms with van der Waals surface area (Å²) in [6.45, 7) is 0. The van der Waals surface area contributed by atoms with Crippen LogP contribution in [0.25, 0.3) is 10.2 Å². The zero-order valence-electron chi connectivity index (χ0n) is 11.5. The number of anilines is 2. The maximum Gasteiger partial charge on any atom is 0.339 e. The fourth-order valence-electron chi connectivity index (χ4n) is 2.00. The fraction of sp³-hybridized carbons (Fsp3) is 0. The monoisotopic (exact) mass is 330 g/mol. The Hall–Kier alpha value is -3.20. The van der Waals surface area contributed by atoms with Gasteiger partial charge in [0.05, 0.1) is 26.5 Å². The largest absolute Gasteiger partial charge is 0.478 e. The Morgan fingerprint density at radius 1 is 1.22 bits per heavy atom. The van der Waals surface area contributed by atoms with Crippen molar-refractivity contribution in [2.45, 2.75) is 0 Å². The number of hydrogen-bond acceptors (Lipinski definition) is 7. The average Bonchev–Trinajstić information content (AvgIpc) is 3.01. The number of nitro benzene ring substituents is 1. The Bertz CT molecular complexity index is 891. The van der Waals surface area contributed by atoms with E-state index in [1.807, 2.05) is 5.38 Å². The van der Waals surface area contributed by atoms with Gasteiger partial charge in [0, 0.05) is 18.3 Å². The number of nitrogens with zero attached hydrogens (tertiary/aromatic N) is 2. The summed E-state index contributed by atoms with van der Waals surface area (Å²) in [5, 5.41) is 21.7. The molecule has 3 rings (SSSR count). The second-order valence-corrected chi connectivity index (χ2v) is 5.46. The van der Waals surface area contributed by atoms with Gasteiger partial charge in [-0.3, -0.25) is 20.5 Å². The summed E-state index contributed by atoms with van der Waals surface area (Å²) in [5.41, 5.74) is 7.37. The van der Waals surface area contributed by atoms with Gasteiger partial charge in [0.25, 0.3) is 5.69 Å². The summed E-state index contributed by atoms with van der Waals surface area (Å²) >= 11 is 1.37. The van der Waals surface area contributed by atoms with E-state index in [1.54, 1.807) is 6.07 Å². The number of non-ortho nitro benzene ring substituents is 1. The Kier molecular flexibility index (Phi) is 3.77. The third-order valence-electron chi connectivity index (χ3n) is 3.11. The van der Waals surface area contributed by atoms with Crippen molar-refractivity contribution in [2.75, 3.05) is 10.9 Å². The second kappa shape index (κ2) is 5.89. The van der Waals surface area contributed by atoms with Gasteiger partial charge in [-0.05, 0) is 23.6 Å². The van der Waals surface area contributed by atoms with Gasteiger partial charge in [0.1, 0.15) is 5.56 Å². The molecule has 0 fully saturated rings. The van der Waals surface area contributed by atoms with Crippen molar-refractivity contribution >= 4 is 44.6 Å². The van der Waals surface area contributed by atoms with Crippen LogP contribution in [0.4, 0.5) is 17.1 Å². The van der Waals surface area contributed by atoms with E-state index in [0.717, 1.165) is 0 Å². The topological polar surface area (TPSA) is 117 Å². The number of thiophene rings is 1. The molecule has 2 heterocycles. The van der Waals surface area contributed by atoms with Crippen molar-refractivity contribution in [1.82, 2.24) is 4.98 Å². The zero-order chi connectivity index (χ0) is 16.4. The third-order valence-corrected chi connectivity index (χ3v) is 4.04. The lowest BCUT2D eigenvalue weighted by Crippen LogP contribution is -2.13. The van der Waals surface area contributed by atoms with Crippen LogP contribution in [-0.2, 0) is 0 Å². The molecule has 1 aromatic carbocycles. The van der Waals surface area contributed by atoms with Gasteiger partial charge in [-0.15, -0.1) is 11.3 Å². The molecule has 0 atom stereocenters. The first-order valence-electron chi connectivity index (χ1n) is 6.42. The molecule has 0 saturated heterocycles. The number of fused-ring (bicyclic) bond motifs is 1.